The van der Waals surface area contributed by atoms with Crippen molar-refractivity contribution in [1.29, 1.82) is 0 Å². The standard InChI is InChI=1S/C76H110Br2O9/c1-5-9-13-17-21-25-29-33-37-41-54-58-45-59-55(42-38-34-30-26-22-18-14-10-6-2)64-48-65-57(44-40-36-32-28-24-20-16-12-8-4)63-47-62-56(43-39-35-31-27-23-19-15-11-7-3)61-46-60(54)71-68(77)72(61)83-52-84-73(62)69(78)74(63)85-53-87-76(65)70(79)75(64)86-51-81-67(59)49-66(58)80-50-82-71/h45-49,54-57,79H,5-44,50-53H2,1-4H3. The van der Waals surface area contributed by atoms with Crippen molar-refractivity contribution in [2.24, 2.45) is 0 Å². The van der Waals surface area contributed by atoms with Gasteiger partial charge in [0.1, 0.15) is 43.4 Å². The zero-order chi connectivity index (χ0) is 60.6. The van der Waals surface area contributed by atoms with Gasteiger partial charge in [-0.1, -0.05) is 259 Å². The second-order valence-corrected chi connectivity index (χ2v) is 27.9. The fraction of sp³-hybridized carbons (Fsp3) is 0.684. The number of phenols is 1. The van der Waals surface area contributed by atoms with Crippen LogP contribution in [0.1, 0.15) is 353 Å². The highest BCUT2D eigenvalue weighted by molar-refractivity contribution is 9.11. The Morgan fingerprint density at radius 2 is 0.483 bits per heavy atom. The Balaban J connectivity index is 1.22. The van der Waals surface area contributed by atoms with Gasteiger partial charge in [-0.3, -0.25) is 0 Å². The van der Waals surface area contributed by atoms with Crippen LogP contribution in [0.3, 0.4) is 0 Å². The van der Waals surface area contributed by atoms with Crippen molar-refractivity contribution in [3.05, 3.63) is 83.8 Å². The van der Waals surface area contributed by atoms with Crippen molar-refractivity contribution in [2.75, 3.05) is 27.2 Å². The Morgan fingerprint density at radius 3 is 0.759 bits per heavy atom. The second-order valence-electron chi connectivity index (χ2n) is 26.3. The molecular weight excluding hydrogens is 1220 g/mol. The number of phenolic OH excluding ortho intramolecular Hbond substituents is 1. The van der Waals surface area contributed by atoms with Gasteiger partial charge in [-0.2, -0.15) is 0 Å². The van der Waals surface area contributed by atoms with E-state index in [1.807, 2.05) is 0 Å². The summed E-state index contributed by atoms with van der Waals surface area (Å²) in [5.74, 6) is 4.91. The molecule has 4 atom stereocenters. The number of halogens is 2. The molecule has 482 valence electrons. The first kappa shape index (κ1) is 67.4. The zero-order valence-corrected chi connectivity index (χ0v) is 57.4. The van der Waals surface area contributed by atoms with Crippen molar-refractivity contribution in [3.8, 4) is 51.7 Å². The molecule has 9 nitrogen and oxygen atoms in total. The van der Waals surface area contributed by atoms with Gasteiger partial charge >= 0.3 is 0 Å². The average molecular weight is 1330 g/mol. The van der Waals surface area contributed by atoms with E-state index in [1.54, 1.807) is 0 Å². The minimum absolute atomic E-state index is 0.00553. The van der Waals surface area contributed by atoms with Crippen molar-refractivity contribution in [2.45, 2.75) is 308 Å². The Labute approximate surface area is 542 Å². The number of aromatic hydroxyl groups is 1. The summed E-state index contributed by atoms with van der Waals surface area (Å²) in [6.07, 6.45) is 48.2. The molecule has 0 spiro atoms. The Hall–Kier alpha value is -3.96. The van der Waals surface area contributed by atoms with Gasteiger partial charge in [0.15, 0.2) is 11.5 Å². The molecule has 1 aliphatic carbocycles. The molecule has 0 aromatic heterocycles. The highest BCUT2D eigenvalue weighted by atomic mass is 79.9. The number of hydrogen-bond acceptors (Lipinski definition) is 9. The van der Waals surface area contributed by atoms with Gasteiger partial charge in [-0.05, 0) is 81.8 Å². The van der Waals surface area contributed by atoms with Crippen LogP contribution in [0.2, 0.25) is 0 Å². The number of hydrogen-bond donors (Lipinski definition) is 1. The number of benzene rings is 4. The van der Waals surface area contributed by atoms with Gasteiger partial charge in [0.05, 0.1) is 0 Å². The van der Waals surface area contributed by atoms with E-state index >= 15 is 0 Å². The molecule has 87 heavy (non-hydrogen) atoms. The minimum Gasteiger partial charge on any atom is -0.502 e. The first-order valence-corrected chi connectivity index (χ1v) is 37.3. The van der Waals surface area contributed by atoms with E-state index in [1.165, 1.54) is 180 Å². The molecule has 0 radical (unpaired) electrons. The van der Waals surface area contributed by atoms with E-state index in [0.29, 0.717) is 11.5 Å². The quantitative estimate of drug-likeness (QED) is 0.0437. The van der Waals surface area contributed by atoms with Crippen LogP contribution in [0.5, 0.6) is 51.7 Å². The number of ether oxygens (including phenoxy) is 8. The molecule has 1 N–H and O–H groups in total. The minimum atomic E-state index is -0.190. The van der Waals surface area contributed by atoms with Gasteiger partial charge in [-0.15, -0.1) is 0 Å². The van der Waals surface area contributed by atoms with Crippen molar-refractivity contribution >= 4 is 31.9 Å². The fourth-order valence-electron chi connectivity index (χ4n) is 15.0. The first-order chi connectivity index (χ1) is 42.9. The summed E-state index contributed by atoms with van der Waals surface area (Å²) in [7, 11) is 0. The van der Waals surface area contributed by atoms with Crippen LogP contribution in [0.25, 0.3) is 0 Å². The van der Waals surface area contributed by atoms with E-state index in [4.69, 9.17) is 37.9 Å². The van der Waals surface area contributed by atoms with Crippen LogP contribution in [0.15, 0.2) is 39.3 Å². The second kappa shape index (κ2) is 36.2. The largest absolute Gasteiger partial charge is 0.502 e. The summed E-state index contributed by atoms with van der Waals surface area (Å²) >= 11 is 8.44. The van der Waals surface area contributed by atoms with E-state index in [-0.39, 0.29) is 56.6 Å². The summed E-state index contributed by atoms with van der Waals surface area (Å²) in [6.45, 7) is 9.00. The van der Waals surface area contributed by atoms with E-state index in [2.05, 4.69) is 89.9 Å². The van der Waals surface area contributed by atoms with Crippen LogP contribution >= 0.6 is 31.9 Å². The summed E-state index contributed by atoms with van der Waals surface area (Å²) in [5, 5.41) is 13.0. The van der Waals surface area contributed by atoms with Crippen LogP contribution in [0.4, 0.5) is 0 Å². The molecule has 4 aliphatic heterocycles. The topological polar surface area (TPSA) is 94.1 Å². The lowest BCUT2D eigenvalue weighted by Crippen LogP contribution is -2.23. The van der Waals surface area contributed by atoms with Crippen LogP contribution in [0, 0.1) is 0 Å². The van der Waals surface area contributed by atoms with Gasteiger partial charge in [0, 0.05) is 74.2 Å². The van der Waals surface area contributed by atoms with Crippen LogP contribution < -0.4 is 37.9 Å². The fourth-order valence-corrected chi connectivity index (χ4v) is 16.3. The van der Waals surface area contributed by atoms with Crippen molar-refractivity contribution < 1.29 is 43.0 Å². The molecule has 4 unspecified atom stereocenters. The monoisotopic (exact) mass is 1320 g/mol. The average Bonchev–Trinajstić information content (AvgIpc) is 0.833. The van der Waals surface area contributed by atoms with Gasteiger partial charge in [0.25, 0.3) is 0 Å². The van der Waals surface area contributed by atoms with Crippen LogP contribution in [-0.2, 0) is 0 Å². The van der Waals surface area contributed by atoms with Crippen molar-refractivity contribution in [3.63, 3.8) is 0 Å². The summed E-state index contributed by atoms with van der Waals surface area (Å²) in [5.41, 5.74) is 8.76. The lowest BCUT2D eigenvalue weighted by atomic mass is 9.76. The molecule has 4 heterocycles. The third-order valence-electron chi connectivity index (χ3n) is 19.9. The van der Waals surface area contributed by atoms with E-state index in [9.17, 15) is 5.11 Å². The predicted octanol–water partition coefficient (Wildman–Crippen LogP) is 24.4. The SMILES string of the molecule is CCCCCCCCCCCC1c2cc3c4cc2OCOc2c1cc1c(c2O)OCOc2c(cc5c(c2Br)OCOc2c(cc(c(c2Br)OCO4)C3CCCCCCCCCCC)C5CCCCCCCCCCC)C1CCCCCCCCCCC. The Morgan fingerprint density at radius 1 is 0.276 bits per heavy atom. The number of unbranched alkanes of at least 4 members (excludes halogenated alkanes) is 32. The van der Waals surface area contributed by atoms with Gasteiger partial charge < -0.3 is 43.0 Å². The molecule has 0 saturated carbocycles. The predicted molar refractivity (Wildman–Crippen MR) is 362 cm³/mol. The van der Waals surface area contributed by atoms with E-state index < -0.39 is 0 Å². The Kier molecular flexibility index (Phi) is 28.0. The Bertz CT molecular complexity index is 2570. The lowest BCUT2D eigenvalue weighted by molar-refractivity contribution is 0.0934. The molecule has 11 heteroatoms. The molecule has 4 aromatic carbocycles. The van der Waals surface area contributed by atoms with E-state index in [0.717, 1.165) is 165 Å². The molecule has 4 aromatic rings. The van der Waals surface area contributed by atoms with Crippen LogP contribution in [-0.4, -0.2) is 32.3 Å². The molecule has 8 bridgehead atoms. The smallest absolute Gasteiger partial charge is 0.231 e. The zero-order valence-electron chi connectivity index (χ0n) is 54.3. The summed E-state index contributed by atoms with van der Waals surface area (Å²) in [4.78, 5) is 0. The lowest BCUT2D eigenvalue weighted by Gasteiger charge is -2.36. The molecule has 0 amide bonds. The highest BCUT2D eigenvalue weighted by Gasteiger charge is 2.40. The maximum Gasteiger partial charge on any atom is 0.231 e. The normalized spacial score (nSPS) is 17.7. The van der Waals surface area contributed by atoms with Gasteiger partial charge in [0.2, 0.25) is 32.9 Å². The van der Waals surface area contributed by atoms with Gasteiger partial charge in [-0.25, -0.2) is 0 Å². The molecule has 0 fully saturated rings. The summed E-state index contributed by atoms with van der Waals surface area (Å²) in [6, 6.07) is 11.9. The third kappa shape index (κ3) is 17.8. The molecule has 0 saturated heterocycles. The molecule has 5 aliphatic rings. The molecular formula is C76H110Br2O9. The summed E-state index contributed by atoms with van der Waals surface area (Å²) < 4.78 is 56.2. The number of rotatable bonds is 40. The van der Waals surface area contributed by atoms with Crippen molar-refractivity contribution in [1.82, 2.24) is 0 Å². The maximum atomic E-state index is 13.0. The highest BCUT2D eigenvalue weighted by Crippen LogP contribution is 2.60. The first-order valence-electron chi connectivity index (χ1n) is 35.7. The third-order valence-corrected chi connectivity index (χ3v) is 21.4. The maximum absolute atomic E-state index is 13.0. The molecule has 9 rings (SSSR count).